The molecule has 1 aliphatic heterocycles. The molecule has 13 nitrogen and oxygen atoms in total. The number of anilines is 1. The fraction of sp³-hybridized carbons (Fsp3) is 0.576. The van der Waals surface area contributed by atoms with E-state index < -0.39 is 35.7 Å². The van der Waals surface area contributed by atoms with Gasteiger partial charge >= 0.3 is 12.1 Å². The van der Waals surface area contributed by atoms with Crippen LogP contribution < -0.4 is 10.6 Å². The number of benzene rings is 1. The summed E-state index contributed by atoms with van der Waals surface area (Å²) >= 11 is 0. The van der Waals surface area contributed by atoms with Gasteiger partial charge in [-0.25, -0.2) is 14.8 Å². The lowest BCUT2D eigenvalue weighted by atomic mass is 9.92. The van der Waals surface area contributed by atoms with Gasteiger partial charge in [0.25, 0.3) is 5.91 Å². The summed E-state index contributed by atoms with van der Waals surface area (Å²) in [5.41, 5.74) is 0.0261. The maximum absolute atomic E-state index is 13.8. The molecule has 3 unspecified atom stereocenters. The highest BCUT2D eigenvalue weighted by molar-refractivity contribution is 5.97. The van der Waals surface area contributed by atoms with Crippen LogP contribution in [0.25, 0.3) is 11.4 Å². The van der Waals surface area contributed by atoms with Crippen LogP contribution in [0.15, 0.2) is 36.4 Å². The number of carbonyl (C=O) groups excluding carboxylic acids is 4. The highest BCUT2D eigenvalue weighted by atomic mass is 16.6. The van der Waals surface area contributed by atoms with Crippen LogP contribution in [0.5, 0.6) is 0 Å². The van der Waals surface area contributed by atoms with Gasteiger partial charge in [0, 0.05) is 44.2 Å². The van der Waals surface area contributed by atoms with Gasteiger partial charge in [0.1, 0.15) is 23.2 Å². The summed E-state index contributed by atoms with van der Waals surface area (Å²) in [6.07, 6.45) is 2.29. The third-order valence-electron chi connectivity index (χ3n) is 7.83. The Morgan fingerprint density at radius 2 is 1.67 bits per heavy atom. The van der Waals surface area contributed by atoms with Crippen LogP contribution in [-0.4, -0.2) is 105 Å². The lowest BCUT2D eigenvalue weighted by Gasteiger charge is -2.36. The monoisotopic (exact) mass is 638 g/mol. The minimum atomic E-state index is -1.05. The van der Waals surface area contributed by atoms with Gasteiger partial charge in [-0.1, -0.05) is 43.2 Å². The molecular weight excluding hydrogens is 592 g/mol. The fourth-order valence-electron chi connectivity index (χ4n) is 5.51. The van der Waals surface area contributed by atoms with E-state index in [-0.39, 0.29) is 63.3 Å². The van der Waals surface area contributed by atoms with Crippen LogP contribution in [0.4, 0.5) is 10.6 Å². The van der Waals surface area contributed by atoms with Crippen molar-refractivity contribution >= 4 is 29.7 Å². The molecule has 0 bridgehead atoms. The van der Waals surface area contributed by atoms with Crippen molar-refractivity contribution in [3.8, 4) is 11.4 Å². The number of amides is 3. The Morgan fingerprint density at radius 3 is 2.33 bits per heavy atom. The Bertz CT molecular complexity index is 1360. The molecule has 4 rings (SSSR count). The third kappa shape index (κ3) is 9.87. The summed E-state index contributed by atoms with van der Waals surface area (Å²) in [6, 6.07) is 9.45. The number of hydrogen-bond acceptors (Lipinski definition) is 10. The van der Waals surface area contributed by atoms with Crippen LogP contribution in [0.3, 0.4) is 0 Å². The van der Waals surface area contributed by atoms with E-state index in [9.17, 15) is 24.3 Å². The Labute approximate surface area is 270 Å². The molecule has 2 heterocycles. The second-order valence-electron chi connectivity index (χ2n) is 12.6. The molecule has 2 aromatic rings. The number of aliphatic hydroxyl groups is 1. The average Bonchev–Trinajstić information content (AvgIpc) is 3.03. The van der Waals surface area contributed by atoms with E-state index in [1.165, 1.54) is 11.0 Å². The second kappa shape index (κ2) is 15.8. The Morgan fingerprint density at radius 1 is 1.00 bits per heavy atom. The number of carbonyl (C=O) groups is 4. The molecule has 1 aromatic carbocycles. The molecule has 0 radical (unpaired) electrons. The fourth-order valence-corrected chi connectivity index (χ4v) is 5.51. The first-order chi connectivity index (χ1) is 21.9. The van der Waals surface area contributed by atoms with Gasteiger partial charge in [-0.15, -0.1) is 0 Å². The van der Waals surface area contributed by atoms with Crippen molar-refractivity contribution in [2.24, 2.45) is 0 Å². The standard InChI is InChI=1S/C33H46N6O7/c1-5-45-32(44)39-19-17-38(18-20-39)31(43)24(15-16-28(41)46-33(2,3)4)36-30(42)25-21-27(34-23-13-9-10-14-26(23)40)37-29(35-25)22-11-7-6-8-12-22/h6-8,11-12,21,23-24,26,40H,5,9-10,13-20H2,1-4H3,(H,36,42)(H,34,35,37). The minimum Gasteiger partial charge on any atom is -0.460 e. The summed E-state index contributed by atoms with van der Waals surface area (Å²) in [5.74, 6) is -0.775. The molecule has 1 aliphatic carbocycles. The summed E-state index contributed by atoms with van der Waals surface area (Å²) in [4.78, 5) is 64.6. The smallest absolute Gasteiger partial charge is 0.409 e. The predicted molar refractivity (Wildman–Crippen MR) is 171 cm³/mol. The number of aromatic nitrogens is 2. The number of aliphatic hydroxyl groups excluding tert-OH is 1. The van der Waals surface area contributed by atoms with E-state index in [4.69, 9.17) is 9.47 Å². The van der Waals surface area contributed by atoms with E-state index in [0.717, 1.165) is 19.3 Å². The number of hydrogen-bond donors (Lipinski definition) is 3. The van der Waals surface area contributed by atoms with Crippen LogP contribution >= 0.6 is 0 Å². The molecule has 1 aromatic heterocycles. The van der Waals surface area contributed by atoms with Crippen molar-refractivity contribution in [1.29, 1.82) is 0 Å². The van der Waals surface area contributed by atoms with Gasteiger partial charge in [-0.2, -0.15) is 0 Å². The van der Waals surface area contributed by atoms with E-state index >= 15 is 0 Å². The number of rotatable bonds is 10. The van der Waals surface area contributed by atoms with Gasteiger partial charge in [-0.05, 0) is 47.0 Å². The average molecular weight is 639 g/mol. The molecule has 13 heteroatoms. The van der Waals surface area contributed by atoms with Crippen LogP contribution in [0, 0.1) is 0 Å². The zero-order chi connectivity index (χ0) is 33.3. The van der Waals surface area contributed by atoms with Crippen molar-refractivity contribution in [3.63, 3.8) is 0 Å². The maximum atomic E-state index is 13.8. The lowest BCUT2D eigenvalue weighted by molar-refractivity contribution is -0.155. The van der Waals surface area contributed by atoms with Gasteiger partial charge in [0.15, 0.2) is 5.82 Å². The summed E-state index contributed by atoms with van der Waals surface area (Å²) in [6.45, 7) is 8.33. The van der Waals surface area contributed by atoms with E-state index in [2.05, 4.69) is 20.6 Å². The zero-order valence-electron chi connectivity index (χ0n) is 27.2. The number of piperazine rings is 1. The number of nitrogens with zero attached hydrogens (tertiary/aromatic N) is 4. The maximum Gasteiger partial charge on any atom is 0.409 e. The Hall–Kier alpha value is -4.26. The summed E-state index contributed by atoms with van der Waals surface area (Å²) in [5, 5.41) is 16.7. The molecule has 250 valence electrons. The van der Waals surface area contributed by atoms with Crippen molar-refractivity contribution in [2.75, 3.05) is 38.1 Å². The normalized spacial score (nSPS) is 19.2. The molecule has 3 atom stereocenters. The quantitative estimate of drug-likeness (QED) is 0.329. The molecule has 2 fully saturated rings. The van der Waals surface area contributed by atoms with Crippen molar-refractivity contribution < 1.29 is 33.8 Å². The Kier molecular flexibility index (Phi) is 11.9. The molecule has 46 heavy (non-hydrogen) atoms. The third-order valence-corrected chi connectivity index (χ3v) is 7.83. The number of esters is 1. The number of ether oxygens (including phenoxy) is 2. The molecular formula is C33H46N6O7. The molecule has 2 aliphatic rings. The van der Waals surface area contributed by atoms with Gasteiger partial charge in [0.2, 0.25) is 5.91 Å². The summed E-state index contributed by atoms with van der Waals surface area (Å²) < 4.78 is 10.5. The Balaban J connectivity index is 1.56. The lowest BCUT2D eigenvalue weighted by Crippen LogP contribution is -2.56. The van der Waals surface area contributed by atoms with Gasteiger partial charge in [-0.3, -0.25) is 14.4 Å². The van der Waals surface area contributed by atoms with E-state index in [0.29, 0.717) is 23.6 Å². The van der Waals surface area contributed by atoms with E-state index in [1.54, 1.807) is 32.6 Å². The van der Waals surface area contributed by atoms with Crippen molar-refractivity contribution in [1.82, 2.24) is 25.1 Å². The van der Waals surface area contributed by atoms with Crippen LogP contribution in [0.2, 0.25) is 0 Å². The van der Waals surface area contributed by atoms with Gasteiger partial charge < -0.3 is 35.0 Å². The first kappa shape index (κ1) is 34.6. The van der Waals surface area contributed by atoms with Crippen molar-refractivity contribution in [2.45, 2.75) is 90.0 Å². The highest BCUT2D eigenvalue weighted by Crippen LogP contribution is 2.24. The van der Waals surface area contributed by atoms with E-state index in [1.807, 2.05) is 30.3 Å². The molecule has 3 amide bonds. The SMILES string of the molecule is CCOC(=O)N1CCN(C(=O)C(CCC(=O)OC(C)(C)C)NC(=O)c2cc(NC3CCCCC3O)nc(-c3ccccc3)n2)CC1. The summed E-state index contributed by atoms with van der Waals surface area (Å²) in [7, 11) is 0. The van der Waals surface area contributed by atoms with Crippen molar-refractivity contribution in [3.05, 3.63) is 42.1 Å². The predicted octanol–water partition coefficient (Wildman–Crippen LogP) is 3.38. The first-order valence-electron chi connectivity index (χ1n) is 16.1. The molecule has 0 spiro atoms. The first-order valence-corrected chi connectivity index (χ1v) is 16.1. The highest BCUT2D eigenvalue weighted by Gasteiger charge is 2.32. The van der Waals surface area contributed by atoms with Gasteiger partial charge in [0.05, 0.1) is 18.8 Å². The minimum absolute atomic E-state index is 0.00752. The topological polar surface area (TPSA) is 163 Å². The van der Waals surface area contributed by atoms with Crippen LogP contribution in [-0.2, 0) is 19.1 Å². The molecule has 1 saturated carbocycles. The second-order valence-corrected chi connectivity index (χ2v) is 12.6. The molecule has 3 N–H and O–H groups in total. The largest absolute Gasteiger partial charge is 0.460 e. The number of nitrogens with one attached hydrogen (secondary N) is 2. The molecule has 1 saturated heterocycles. The zero-order valence-corrected chi connectivity index (χ0v) is 27.2. The van der Waals surface area contributed by atoms with Crippen LogP contribution in [0.1, 0.15) is 76.7 Å².